The Morgan fingerprint density at radius 1 is 0.625 bits per heavy atom. The number of unbranched alkanes of at least 4 members (excludes halogenated alkanes) is 1. The molecule has 0 spiro atoms. The van der Waals surface area contributed by atoms with Gasteiger partial charge in [0.25, 0.3) is 11.8 Å². The fourth-order valence-electron chi connectivity index (χ4n) is 8.39. The van der Waals surface area contributed by atoms with E-state index in [1.807, 2.05) is 6.92 Å². The van der Waals surface area contributed by atoms with E-state index in [4.69, 9.17) is 0 Å². The number of sulfone groups is 2. The molecule has 4 aromatic carbocycles. The number of hydrogen-bond acceptors (Lipinski definition) is 12. The van der Waals surface area contributed by atoms with Crippen molar-refractivity contribution in [1.82, 2.24) is 19.8 Å². The van der Waals surface area contributed by atoms with Crippen molar-refractivity contribution in [2.75, 3.05) is 67.9 Å². The highest BCUT2D eigenvalue weighted by molar-refractivity contribution is 7.92. The summed E-state index contributed by atoms with van der Waals surface area (Å²) in [4.78, 5) is 43.6. The second-order valence-corrected chi connectivity index (χ2v) is 22.5. The van der Waals surface area contributed by atoms with E-state index in [2.05, 4.69) is 19.8 Å². The van der Waals surface area contributed by atoms with E-state index in [-0.39, 0.29) is 50.1 Å². The molecule has 2 aliphatic heterocycles. The van der Waals surface area contributed by atoms with Gasteiger partial charge >= 0.3 is 0 Å². The van der Waals surface area contributed by atoms with E-state index < -0.39 is 24.9 Å². The molecule has 0 radical (unpaired) electrons. The van der Waals surface area contributed by atoms with Gasteiger partial charge in [0, 0.05) is 52.4 Å². The molecule has 3 fully saturated rings. The molecule has 64 heavy (non-hydrogen) atoms. The van der Waals surface area contributed by atoms with Crippen molar-refractivity contribution in [3.8, 4) is 0 Å². The van der Waals surface area contributed by atoms with Gasteiger partial charge in [0.15, 0.2) is 29.9 Å². The lowest BCUT2D eigenvalue weighted by Gasteiger charge is -2.35. The predicted octanol–water partition coefficient (Wildman–Crippen LogP) is 8.48. The van der Waals surface area contributed by atoms with Crippen LogP contribution in [0.15, 0.2) is 94.7 Å². The predicted molar refractivity (Wildman–Crippen MR) is 249 cm³/mol. The number of fused-ring (bicyclic) bond motifs is 2. The molecule has 0 atom stereocenters. The van der Waals surface area contributed by atoms with Crippen molar-refractivity contribution >= 4 is 84.9 Å². The Morgan fingerprint density at radius 2 is 1.08 bits per heavy atom. The number of rotatable bonds is 10. The Labute approximate surface area is 380 Å². The molecule has 1 saturated carbocycles. The molecule has 1 aliphatic carbocycles. The zero-order valence-corrected chi connectivity index (χ0v) is 38.8. The summed E-state index contributed by atoms with van der Waals surface area (Å²) in [5.74, 6) is -1.03. The van der Waals surface area contributed by atoms with Crippen molar-refractivity contribution in [2.45, 2.75) is 66.9 Å². The monoisotopic (exact) mass is 948 g/mol. The summed E-state index contributed by atoms with van der Waals surface area (Å²) in [6.07, 6.45) is 5.57. The van der Waals surface area contributed by atoms with Crippen LogP contribution in [0.3, 0.4) is 0 Å². The van der Waals surface area contributed by atoms with E-state index in [1.54, 1.807) is 64.4 Å². The average Bonchev–Trinajstić information content (AvgIpc) is 3.95. The summed E-state index contributed by atoms with van der Waals surface area (Å²) < 4.78 is 80.7. The number of hydrogen-bond donors (Lipinski definition) is 0. The second kappa shape index (κ2) is 19.6. The van der Waals surface area contributed by atoms with Gasteiger partial charge in [0.1, 0.15) is 11.6 Å². The number of thiazole rings is 2. The first-order chi connectivity index (χ1) is 30.8. The van der Waals surface area contributed by atoms with Gasteiger partial charge in [-0.2, -0.15) is 0 Å². The zero-order valence-electron chi connectivity index (χ0n) is 35.5. The third kappa shape index (κ3) is 9.94. The molecule has 4 heterocycles. The fraction of sp³-hybridized carbons (Fsp3) is 0.391. The van der Waals surface area contributed by atoms with E-state index in [1.165, 1.54) is 53.0 Å². The van der Waals surface area contributed by atoms with Crippen molar-refractivity contribution in [3.05, 3.63) is 108 Å². The van der Waals surface area contributed by atoms with E-state index in [9.17, 15) is 35.2 Å². The molecule has 2 amide bonds. The molecule has 9 rings (SSSR count). The maximum Gasteiger partial charge on any atom is 0.255 e. The van der Waals surface area contributed by atoms with Crippen LogP contribution in [0.1, 0.15) is 72.6 Å². The van der Waals surface area contributed by atoms with Gasteiger partial charge in [0.05, 0.1) is 52.4 Å². The molecular formula is C46H50F2N6O6S4. The molecule has 0 bridgehead atoms. The van der Waals surface area contributed by atoms with Gasteiger partial charge < -0.3 is 19.6 Å². The van der Waals surface area contributed by atoms with Gasteiger partial charge in [-0.15, -0.1) is 0 Å². The van der Waals surface area contributed by atoms with Crippen LogP contribution in [-0.2, 0) is 19.7 Å². The van der Waals surface area contributed by atoms with Crippen LogP contribution >= 0.6 is 22.7 Å². The minimum atomic E-state index is -3.55. The van der Waals surface area contributed by atoms with Crippen LogP contribution in [0.4, 0.5) is 19.0 Å². The standard InChI is InChI=1S/C24H26FN3O3S2.C22H24FN3O3S2/c25-17-10-11-20-21(16-17)32-24(26-20)28-14-12-27(13-15-28)23(29)19-8-4-5-9-22(19)33(30,31)18-6-2-1-3-7-18;1-2-3-14-31(28,29)20-7-5-4-6-17(20)21(27)25-10-12-26(13-11-25)22-24-18-9-8-16(23)15-19(18)30-22/h4-5,8-11,16,18H,1-3,6-7,12-15H2;4-9,15H,2-3,10-14H2,1H3. The minimum Gasteiger partial charge on any atom is -0.345 e. The van der Waals surface area contributed by atoms with Crippen molar-refractivity contribution in [2.24, 2.45) is 0 Å². The van der Waals surface area contributed by atoms with Gasteiger partial charge in [-0.05, 0) is 79.9 Å². The lowest BCUT2D eigenvalue weighted by Crippen LogP contribution is -2.49. The summed E-state index contributed by atoms with van der Waals surface area (Å²) in [5.41, 5.74) is 2.03. The summed E-state index contributed by atoms with van der Waals surface area (Å²) >= 11 is 2.87. The fourth-order valence-corrected chi connectivity index (χ4v) is 14.2. The number of benzene rings is 4. The van der Waals surface area contributed by atoms with E-state index in [0.29, 0.717) is 71.6 Å². The molecule has 2 saturated heterocycles. The van der Waals surface area contributed by atoms with Gasteiger partial charge in [0.2, 0.25) is 0 Å². The van der Waals surface area contributed by atoms with Crippen LogP contribution in [0.2, 0.25) is 0 Å². The number of nitrogens with zero attached hydrogens (tertiary/aromatic N) is 6. The zero-order chi connectivity index (χ0) is 45.0. The molecule has 0 unspecified atom stereocenters. The third-order valence-corrected chi connectivity index (χ3v) is 18.3. The number of amides is 2. The molecule has 3 aliphatic rings. The maximum atomic E-state index is 13.5. The molecule has 12 nitrogen and oxygen atoms in total. The first-order valence-corrected chi connectivity index (χ1v) is 26.5. The molecular weight excluding hydrogens is 899 g/mol. The maximum absolute atomic E-state index is 13.5. The Morgan fingerprint density at radius 3 is 1.56 bits per heavy atom. The first-order valence-electron chi connectivity index (χ1n) is 21.7. The smallest absolute Gasteiger partial charge is 0.255 e. The van der Waals surface area contributed by atoms with Crippen LogP contribution in [0.5, 0.6) is 0 Å². The van der Waals surface area contributed by atoms with Crippen LogP contribution in [-0.4, -0.2) is 112 Å². The lowest BCUT2D eigenvalue weighted by molar-refractivity contribution is 0.0735. The summed E-state index contributed by atoms with van der Waals surface area (Å²) in [6, 6.07) is 22.2. The Hall–Kier alpha value is -5.04. The Balaban J connectivity index is 0.000000175. The van der Waals surface area contributed by atoms with Gasteiger partial charge in [-0.3, -0.25) is 9.59 Å². The number of halogens is 2. The van der Waals surface area contributed by atoms with Crippen molar-refractivity contribution in [3.63, 3.8) is 0 Å². The average molecular weight is 949 g/mol. The quantitative estimate of drug-likeness (QED) is 0.131. The highest BCUT2D eigenvalue weighted by Crippen LogP contribution is 2.34. The van der Waals surface area contributed by atoms with E-state index >= 15 is 0 Å². The van der Waals surface area contributed by atoms with Crippen molar-refractivity contribution < 1.29 is 35.2 Å². The molecule has 338 valence electrons. The number of piperazine rings is 2. The second-order valence-electron chi connectivity index (χ2n) is 16.2. The molecule has 18 heteroatoms. The largest absolute Gasteiger partial charge is 0.345 e. The first kappa shape index (κ1) is 45.5. The number of carbonyl (C=O) groups excluding carboxylic acids is 2. The highest BCUT2D eigenvalue weighted by Gasteiger charge is 2.34. The van der Waals surface area contributed by atoms with E-state index in [0.717, 1.165) is 56.4 Å². The van der Waals surface area contributed by atoms with Crippen LogP contribution in [0.25, 0.3) is 20.4 Å². The van der Waals surface area contributed by atoms with Crippen LogP contribution in [0, 0.1) is 11.6 Å². The lowest BCUT2D eigenvalue weighted by atomic mass is 10.0. The normalized spacial score (nSPS) is 16.5. The number of carbonyl (C=O) groups is 2. The minimum absolute atomic E-state index is 0.0414. The third-order valence-electron chi connectivity index (χ3n) is 12.0. The number of aromatic nitrogens is 2. The molecule has 0 N–H and O–H groups in total. The Kier molecular flexibility index (Phi) is 13.9. The Bertz CT molecular complexity index is 2870. The summed E-state index contributed by atoms with van der Waals surface area (Å²) in [7, 11) is -7.05. The van der Waals surface area contributed by atoms with Gasteiger partial charge in [-0.25, -0.2) is 35.6 Å². The highest BCUT2D eigenvalue weighted by atomic mass is 32.2. The van der Waals surface area contributed by atoms with Crippen LogP contribution < -0.4 is 9.80 Å². The molecule has 2 aromatic heterocycles. The SMILES string of the molecule is CCCCS(=O)(=O)c1ccccc1C(=O)N1CCN(c2nc3ccc(F)cc3s2)CC1.O=C(c1ccccc1S(=O)(=O)C1CCCCC1)N1CCN(c2nc3ccc(F)cc3s2)CC1. The summed E-state index contributed by atoms with van der Waals surface area (Å²) in [5, 5.41) is 1.21. The van der Waals surface area contributed by atoms with Gasteiger partial charge in [-0.1, -0.05) is 79.5 Å². The number of anilines is 2. The molecule has 6 aromatic rings. The topological polar surface area (TPSA) is 141 Å². The summed E-state index contributed by atoms with van der Waals surface area (Å²) in [6.45, 7) is 6.16. The van der Waals surface area contributed by atoms with Crippen molar-refractivity contribution in [1.29, 1.82) is 0 Å².